The summed E-state index contributed by atoms with van der Waals surface area (Å²) in [7, 11) is 1.78. The predicted octanol–water partition coefficient (Wildman–Crippen LogP) is 4.21. The van der Waals surface area contributed by atoms with Crippen LogP contribution in [-0.2, 0) is 11.2 Å². The number of alkyl halides is 1. The summed E-state index contributed by atoms with van der Waals surface area (Å²) in [6.45, 7) is 0. The lowest BCUT2D eigenvalue weighted by Crippen LogP contribution is -2.12. The number of hydrogen-bond donors (Lipinski definition) is 0. The largest absolute Gasteiger partial charge is 0.381 e. The molecule has 3 rings (SSSR count). The predicted molar refractivity (Wildman–Crippen MR) is 82.9 cm³/mol. The summed E-state index contributed by atoms with van der Waals surface area (Å²) in [5, 5.41) is 0.761. The molecule has 1 fully saturated rings. The van der Waals surface area contributed by atoms with E-state index in [1.54, 1.807) is 7.11 Å². The van der Waals surface area contributed by atoms with Gasteiger partial charge in [0.15, 0.2) is 0 Å². The van der Waals surface area contributed by atoms with Gasteiger partial charge in [0.2, 0.25) is 0 Å². The van der Waals surface area contributed by atoms with Crippen LogP contribution in [0.4, 0.5) is 0 Å². The Labute approximate surface area is 128 Å². The van der Waals surface area contributed by atoms with Gasteiger partial charge in [-0.25, -0.2) is 4.98 Å². The minimum Gasteiger partial charge on any atom is -0.381 e. The molecule has 1 aromatic heterocycles. The Kier molecular flexibility index (Phi) is 4.20. The van der Waals surface area contributed by atoms with E-state index in [1.807, 2.05) is 18.2 Å². The molecule has 108 valence electrons. The Morgan fingerprint density at radius 3 is 2.95 bits per heavy atom. The Morgan fingerprint density at radius 2 is 2.25 bits per heavy atom. The van der Waals surface area contributed by atoms with Crippen molar-refractivity contribution in [2.24, 2.45) is 0 Å². The minimum atomic E-state index is 0.337. The zero-order chi connectivity index (χ0) is 14.1. The summed E-state index contributed by atoms with van der Waals surface area (Å²) in [6, 6.07) is 6.29. The number of para-hydroxylation sites is 1. The van der Waals surface area contributed by atoms with E-state index in [4.69, 9.17) is 32.9 Å². The van der Waals surface area contributed by atoms with E-state index in [1.165, 1.54) is 0 Å². The number of ether oxygens (including phenoxy) is 1. The van der Waals surface area contributed by atoms with Gasteiger partial charge >= 0.3 is 0 Å². The Morgan fingerprint density at radius 1 is 1.40 bits per heavy atom. The molecule has 1 aromatic carbocycles. The average molecular weight is 313 g/mol. The molecule has 20 heavy (non-hydrogen) atoms. The quantitative estimate of drug-likeness (QED) is 0.791. The molecular formula is C15H18Cl2N2O. The van der Waals surface area contributed by atoms with Gasteiger partial charge in [0, 0.05) is 25.5 Å². The van der Waals surface area contributed by atoms with E-state index in [0.29, 0.717) is 18.0 Å². The molecule has 0 spiro atoms. The van der Waals surface area contributed by atoms with Crippen LogP contribution in [0.25, 0.3) is 11.0 Å². The first-order valence-corrected chi connectivity index (χ1v) is 7.90. The lowest BCUT2D eigenvalue weighted by Gasteiger charge is -2.17. The van der Waals surface area contributed by atoms with Gasteiger partial charge in [-0.3, -0.25) is 0 Å². The summed E-state index contributed by atoms with van der Waals surface area (Å²) < 4.78 is 7.78. The van der Waals surface area contributed by atoms with Crippen molar-refractivity contribution >= 4 is 34.2 Å². The minimum absolute atomic E-state index is 0.337. The van der Waals surface area contributed by atoms with Gasteiger partial charge in [-0.2, -0.15) is 0 Å². The van der Waals surface area contributed by atoms with Crippen LogP contribution in [0.3, 0.4) is 0 Å². The monoisotopic (exact) mass is 312 g/mol. The van der Waals surface area contributed by atoms with Gasteiger partial charge in [-0.1, -0.05) is 17.7 Å². The number of hydrogen-bond acceptors (Lipinski definition) is 2. The number of aromatic nitrogens is 2. The Bertz CT molecular complexity index is 611. The van der Waals surface area contributed by atoms with Crippen LogP contribution < -0.4 is 0 Å². The molecule has 0 aliphatic heterocycles. The molecule has 0 N–H and O–H groups in total. The molecule has 3 nitrogen and oxygen atoms in total. The van der Waals surface area contributed by atoms with Crippen molar-refractivity contribution in [2.45, 2.75) is 37.8 Å². The molecule has 0 amide bonds. The van der Waals surface area contributed by atoms with E-state index in [0.717, 1.165) is 47.6 Å². The molecule has 2 unspecified atom stereocenters. The highest BCUT2D eigenvalue weighted by Gasteiger charge is 2.29. The highest BCUT2D eigenvalue weighted by molar-refractivity contribution is 6.35. The van der Waals surface area contributed by atoms with Gasteiger partial charge in [0.25, 0.3) is 0 Å². The number of rotatable bonds is 4. The smallest absolute Gasteiger partial charge is 0.111 e. The number of nitrogens with zero attached hydrogens (tertiary/aromatic N) is 2. The SMILES string of the molecule is COC1CCC(n2c(CCCl)nc3cccc(Cl)c32)C1. The lowest BCUT2D eigenvalue weighted by molar-refractivity contribution is 0.106. The van der Waals surface area contributed by atoms with E-state index in [2.05, 4.69) is 4.57 Å². The Balaban J connectivity index is 2.09. The number of benzene rings is 1. The summed E-state index contributed by atoms with van der Waals surface area (Å²) in [5.74, 6) is 1.60. The third-order valence-corrected chi connectivity index (χ3v) is 4.60. The zero-order valence-electron chi connectivity index (χ0n) is 11.5. The van der Waals surface area contributed by atoms with Gasteiger partial charge in [0.05, 0.1) is 22.2 Å². The second-order valence-corrected chi connectivity index (χ2v) is 6.05. The van der Waals surface area contributed by atoms with Crippen LogP contribution in [0.1, 0.15) is 31.1 Å². The number of halogens is 2. The van der Waals surface area contributed by atoms with Crippen molar-refractivity contribution in [3.63, 3.8) is 0 Å². The fraction of sp³-hybridized carbons (Fsp3) is 0.533. The summed E-state index contributed by atoms with van der Waals surface area (Å²) in [6.07, 6.45) is 4.31. The first kappa shape index (κ1) is 14.2. The van der Waals surface area contributed by atoms with Gasteiger partial charge in [0.1, 0.15) is 5.82 Å². The highest BCUT2D eigenvalue weighted by Crippen LogP contribution is 2.37. The van der Waals surface area contributed by atoms with Crippen molar-refractivity contribution < 1.29 is 4.74 Å². The summed E-state index contributed by atoms with van der Waals surface area (Å²) in [5.41, 5.74) is 1.99. The van der Waals surface area contributed by atoms with Crippen LogP contribution >= 0.6 is 23.2 Å². The molecule has 0 bridgehead atoms. The highest BCUT2D eigenvalue weighted by atomic mass is 35.5. The topological polar surface area (TPSA) is 27.1 Å². The summed E-state index contributed by atoms with van der Waals surface area (Å²) in [4.78, 5) is 4.71. The van der Waals surface area contributed by atoms with Crippen molar-refractivity contribution in [3.05, 3.63) is 29.0 Å². The second-order valence-electron chi connectivity index (χ2n) is 5.27. The molecule has 5 heteroatoms. The zero-order valence-corrected chi connectivity index (χ0v) is 13.0. The van der Waals surface area contributed by atoms with Crippen LogP contribution in [0, 0.1) is 0 Å². The van der Waals surface area contributed by atoms with Crippen LogP contribution in [0.15, 0.2) is 18.2 Å². The van der Waals surface area contributed by atoms with E-state index >= 15 is 0 Å². The maximum Gasteiger partial charge on any atom is 0.111 e. The Hall–Kier alpha value is -0.770. The van der Waals surface area contributed by atoms with Crippen LogP contribution in [0.2, 0.25) is 5.02 Å². The fourth-order valence-electron chi connectivity index (χ4n) is 3.17. The molecule has 0 radical (unpaired) electrons. The van der Waals surface area contributed by atoms with E-state index in [9.17, 15) is 0 Å². The number of fused-ring (bicyclic) bond motifs is 1. The molecule has 1 aliphatic carbocycles. The molecular weight excluding hydrogens is 295 g/mol. The number of imidazole rings is 1. The third kappa shape index (κ3) is 2.43. The van der Waals surface area contributed by atoms with Crippen molar-refractivity contribution in [1.29, 1.82) is 0 Å². The van der Waals surface area contributed by atoms with Crippen LogP contribution in [0.5, 0.6) is 0 Å². The van der Waals surface area contributed by atoms with Gasteiger partial charge in [-0.05, 0) is 31.4 Å². The maximum atomic E-state index is 6.40. The van der Waals surface area contributed by atoms with Crippen molar-refractivity contribution in [1.82, 2.24) is 9.55 Å². The number of aryl methyl sites for hydroxylation is 1. The lowest BCUT2D eigenvalue weighted by atomic mass is 10.2. The molecule has 2 aromatic rings. The van der Waals surface area contributed by atoms with Crippen LogP contribution in [-0.4, -0.2) is 28.6 Å². The third-order valence-electron chi connectivity index (χ3n) is 4.11. The van der Waals surface area contributed by atoms with Crippen molar-refractivity contribution in [2.75, 3.05) is 13.0 Å². The van der Waals surface area contributed by atoms with E-state index in [-0.39, 0.29) is 0 Å². The molecule has 0 saturated heterocycles. The van der Waals surface area contributed by atoms with Crippen molar-refractivity contribution in [3.8, 4) is 0 Å². The van der Waals surface area contributed by atoms with Gasteiger partial charge < -0.3 is 9.30 Å². The first-order chi connectivity index (χ1) is 9.74. The van der Waals surface area contributed by atoms with Gasteiger partial charge in [-0.15, -0.1) is 11.6 Å². The normalized spacial score (nSPS) is 22.8. The number of methoxy groups -OCH3 is 1. The average Bonchev–Trinajstić information content (AvgIpc) is 3.03. The molecule has 1 saturated carbocycles. The maximum absolute atomic E-state index is 6.40. The second kappa shape index (κ2) is 5.92. The molecule has 1 aliphatic rings. The fourth-order valence-corrected chi connectivity index (χ4v) is 3.60. The van der Waals surface area contributed by atoms with E-state index < -0.39 is 0 Å². The molecule has 1 heterocycles. The first-order valence-electron chi connectivity index (χ1n) is 6.98. The summed E-state index contributed by atoms with van der Waals surface area (Å²) >= 11 is 12.3. The standard InChI is InChI=1S/C15H18Cl2N2O/c1-20-11-6-5-10(9-11)19-14(7-8-16)18-13-4-2-3-12(17)15(13)19/h2-4,10-11H,5-9H2,1H3. The molecule has 2 atom stereocenters.